The Morgan fingerprint density at radius 3 is 2.35 bits per heavy atom. The summed E-state index contributed by atoms with van der Waals surface area (Å²) in [6, 6.07) is 8.97. The van der Waals surface area contributed by atoms with Crippen molar-refractivity contribution in [3.8, 4) is 0 Å². The SMILES string of the molecule is CC(C)C[C@H](NC(=O)c1ccc(C(C)(C)C)cc1)C(=O)N1CC[C@@H]2C1C(=O)CN2C(=O)c1cccnc1. The number of nitrogens with zero attached hydrogens (tertiary/aromatic N) is 3. The molecule has 2 aliphatic rings. The van der Waals surface area contributed by atoms with Crippen LogP contribution in [0.25, 0.3) is 0 Å². The normalized spacial score (nSPS) is 20.2. The zero-order valence-corrected chi connectivity index (χ0v) is 22.2. The van der Waals surface area contributed by atoms with Crippen LogP contribution in [-0.2, 0) is 15.0 Å². The van der Waals surface area contributed by atoms with Crippen molar-refractivity contribution in [1.82, 2.24) is 20.1 Å². The van der Waals surface area contributed by atoms with Gasteiger partial charge in [-0.2, -0.15) is 0 Å². The Labute approximate surface area is 218 Å². The molecule has 3 amide bonds. The molecule has 0 saturated carbocycles. The van der Waals surface area contributed by atoms with Crippen molar-refractivity contribution in [3.63, 3.8) is 0 Å². The summed E-state index contributed by atoms with van der Waals surface area (Å²) in [6.45, 7) is 10.6. The van der Waals surface area contributed by atoms with E-state index < -0.39 is 12.1 Å². The quantitative estimate of drug-likeness (QED) is 0.651. The van der Waals surface area contributed by atoms with Crippen molar-refractivity contribution in [3.05, 3.63) is 65.5 Å². The van der Waals surface area contributed by atoms with Crippen LogP contribution >= 0.6 is 0 Å². The van der Waals surface area contributed by atoms with Crippen LogP contribution in [0, 0.1) is 5.92 Å². The van der Waals surface area contributed by atoms with Crippen molar-refractivity contribution >= 4 is 23.5 Å². The molecule has 196 valence electrons. The molecule has 8 heteroatoms. The number of hydrogen-bond acceptors (Lipinski definition) is 5. The summed E-state index contributed by atoms with van der Waals surface area (Å²) in [6.07, 6.45) is 4.04. The molecule has 1 aromatic carbocycles. The van der Waals surface area contributed by atoms with Gasteiger partial charge in [-0.1, -0.05) is 46.8 Å². The van der Waals surface area contributed by atoms with Crippen LogP contribution in [0.5, 0.6) is 0 Å². The van der Waals surface area contributed by atoms with Gasteiger partial charge in [-0.25, -0.2) is 0 Å². The minimum Gasteiger partial charge on any atom is -0.340 e. The number of fused-ring (bicyclic) bond motifs is 1. The van der Waals surface area contributed by atoms with Crippen LogP contribution in [0.1, 0.15) is 73.7 Å². The van der Waals surface area contributed by atoms with Gasteiger partial charge in [0.2, 0.25) is 5.91 Å². The Kier molecular flexibility index (Phi) is 7.48. The fraction of sp³-hybridized carbons (Fsp3) is 0.483. The summed E-state index contributed by atoms with van der Waals surface area (Å²) in [5, 5.41) is 2.92. The van der Waals surface area contributed by atoms with Crippen molar-refractivity contribution in [1.29, 1.82) is 0 Å². The summed E-state index contributed by atoms with van der Waals surface area (Å²) in [5.41, 5.74) is 1.99. The number of Topliss-reactive ketones (excluding diaryl/α,β-unsaturated/α-hetero) is 1. The maximum atomic E-state index is 13.7. The van der Waals surface area contributed by atoms with Crippen LogP contribution in [0.15, 0.2) is 48.8 Å². The van der Waals surface area contributed by atoms with E-state index in [1.54, 1.807) is 40.3 Å². The Bertz CT molecular complexity index is 1170. The largest absolute Gasteiger partial charge is 0.340 e. The number of aromatic nitrogens is 1. The third kappa shape index (κ3) is 5.58. The fourth-order valence-corrected chi connectivity index (χ4v) is 5.25. The first kappa shape index (κ1) is 26.5. The lowest BCUT2D eigenvalue weighted by atomic mass is 9.86. The van der Waals surface area contributed by atoms with Crippen molar-refractivity contribution in [2.24, 2.45) is 5.92 Å². The lowest BCUT2D eigenvalue weighted by molar-refractivity contribution is -0.138. The molecule has 0 bridgehead atoms. The fourth-order valence-electron chi connectivity index (χ4n) is 5.25. The van der Waals surface area contributed by atoms with Crippen LogP contribution in [0.2, 0.25) is 0 Å². The van der Waals surface area contributed by atoms with Crippen LogP contribution < -0.4 is 5.32 Å². The molecule has 37 heavy (non-hydrogen) atoms. The maximum absolute atomic E-state index is 13.7. The van der Waals surface area contributed by atoms with Gasteiger partial charge in [-0.05, 0) is 54.0 Å². The standard InChI is InChI=1S/C29H36N4O4/c1-18(2)15-22(31-26(35)19-8-10-21(11-9-19)29(3,4)5)28(37)32-14-12-23-25(32)24(34)17-33(23)27(36)20-7-6-13-30-16-20/h6-11,13,16,18,22-23,25H,12,14-15,17H2,1-5H3,(H,31,35)/t22-,23+,25?/m0/s1. The second-order valence-electron chi connectivity index (χ2n) is 11.5. The summed E-state index contributed by atoms with van der Waals surface area (Å²) in [7, 11) is 0. The predicted octanol–water partition coefficient (Wildman–Crippen LogP) is 3.22. The van der Waals surface area contributed by atoms with Crippen LogP contribution in [0.3, 0.4) is 0 Å². The molecule has 0 radical (unpaired) electrons. The lowest BCUT2D eigenvalue weighted by Gasteiger charge is -2.29. The van der Waals surface area contributed by atoms with Crippen LogP contribution in [-0.4, -0.2) is 69.5 Å². The average molecular weight is 505 g/mol. The van der Waals surface area contributed by atoms with E-state index in [1.165, 1.54) is 6.20 Å². The number of carbonyl (C=O) groups excluding carboxylic acids is 4. The average Bonchev–Trinajstić information content (AvgIpc) is 3.44. The summed E-state index contributed by atoms with van der Waals surface area (Å²) in [5.74, 6) is -0.848. The second-order valence-corrected chi connectivity index (χ2v) is 11.5. The second kappa shape index (κ2) is 10.4. The van der Waals surface area contributed by atoms with Gasteiger partial charge >= 0.3 is 0 Å². The molecule has 2 aromatic rings. The molecule has 2 aliphatic heterocycles. The number of rotatable bonds is 6. The Hall–Kier alpha value is -3.55. The maximum Gasteiger partial charge on any atom is 0.256 e. The van der Waals surface area contributed by atoms with Gasteiger partial charge in [0, 0.05) is 24.5 Å². The molecule has 1 unspecified atom stereocenters. The van der Waals surface area contributed by atoms with Gasteiger partial charge in [-0.15, -0.1) is 0 Å². The molecule has 1 N–H and O–H groups in total. The monoisotopic (exact) mass is 504 g/mol. The van der Waals surface area contributed by atoms with Gasteiger partial charge in [-0.3, -0.25) is 24.2 Å². The van der Waals surface area contributed by atoms with E-state index in [4.69, 9.17) is 0 Å². The molecule has 0 aliphatic carbocycles. The van der Waals surface area contributed by atoms with Crippen LogP contribution in [0.4, 0.5) is 0 Å². The summed E-state index contributed by atoms with van der Waals surface area (Å²) < 4.78 is 0. The first-order chi connectivity index (χ1) is 17.5. The predicted molar refractivity (Wildman–Crippen MR) is 140 cm³/mol. The highest BCUT2D eigenvalue weighted by atomic mass is 16.2. The molecular formula is C29H36N4O4. The zero-order valence-electron chi connectivity index (χ0n) is 22.2. The van der Waals surface area contributed by atoms with Crippen molar-refractivity contribution in [2.75, 3.05) is 13.1 Å². The van der Waals surface area contributed by atoms with Crippen molar-refractivity contribution < 1.29 is 19.2 Å². The van der Waals surface area contributed by atoms with Gasteiger partial charge in [0.25, 0.3) is 11.8 Å². The molecule has 2 saturated heterocycles. The molecule has 4 rings (SSSR count). The number of benzene rings is 1. The van der Waals surface area contributed by atoms with E-state index in [0.717, 1.165) is 5.56 Å². The Morgan fingerprint density at radius 1 is 1.05 bits per heavy atom. The van der Waals surface area contributed by atoms with Gasteiger partial charge in [0.1, 0.15) is 12.1 Å². The first-order valence-electron chi connectivity index (χ1n) is 12.9. The Balaban J connectivity index is 1.50. The smallest absolute Gasteiger partial charge is 0.256 e. The van der Waals surface area contributed by atoms with E-state index in [9.17, 15) is 19.2 Å². The highest BCUT2D eigenvalue weighted by molar-refractivity contribution is 6.03. The molecule has 1 aromatic heterocycles. The number of ketones is 1. The molecule has 3 atom stereocenters. The number of amides is 3. The number of hydrogen-bond donors (Lipinski definition) is 1. The lowest BCUT2D eigenvalue weighted by Crippen LogP contribution is -2.53. The van der Waals surface area contributed by atoms with Gasteiger partial charge in [0.15, 0.2) is 5.78 Å². The first-order valence-corrected chi connectivity index (χ1v) is 12.9. The Morgan fingerprint density at radius 2 is 1.76 bits per heavy atom. The van der Waals surface area contributed by atoms with E-state index in [0.29, 0.717) is 30.5 Å². The highest BCUT2D eigenvalue weighted by Crippen LogP contribution is 2.32. The van der Waals surface area contributed by atoms with E-state index in [-0.39, 0.29) is 47.4 Å². The van der Waals surface area contributed by atoms with E-state index in [2.05, 4.69) is 31.1 Å². The van der Waals surface area contributed by atoms with Crippen molar-refractivity contribution in [2.45, 2.75) is 71.0 Å². The summed E-state index contributed by atoms with van der Waals surface area (Å²) >= 11 is 0. The topological polar surface area (TPSA) is 99.7 Å². The molecular weight excluding hydrogens is 468 g/mol. The number of likely N-dealkylation sites (tertiary alicyclic amines) is 2. The zero-order chi connectivity index (χ0) is 26.9. The molecule has 0 spiro atoms. The third-order valence-electron chi connectivity index (χ3n) is 7.20. The molecule has 8 nitrogen and oxygen atoms in total. The number of nitrogens with one attached hydrogen (secondary N) is 1. The molecule has 3 heterocycles. The third-order valence-corrected chi connectivity index (χ3v) is 7.20. The van der Waals surface area contributed by atoms with E-state index in [1.807, 2.05) is 26.0 Å². The number of carbonyl (C=O) groups is 4. The number of pyridine rings is 1. The minimum absolute atomic E-state index is 0.0302. The molecule has 2 fully saturated rings. The van der Waals surface area contributed by atoms with Gasteiger partial charge < -0.3 is 15.1 Å². The van der Waals surface area contributed by atoms with Gasteiger partial charge in [0.05, 0.1) is 18.2 Å². The highest BCUT2D eigenvalue weighted by Gasteiger charge is 2.52. The minimum atomic E-state index is -0.760. The summed E-state index contributed by atoms with van der Waals surface area (Å²) in [4.78, 5) is 60.0. The van der Waals surface area contributed by atoms with E-state index >= 15 is 0 Å².